The van der Waals surface area contributed by atoms with Gasteiger partial charge in [-0.15, -0.1) is 11.6 Å². The van der Waals surface area contributed by atoms with Crippen molar-refractivity contribution in [1.29, 1.82) is 0 Å². The maximum atomic E-state index is 9.18. The van der Waals surface area contributed by atoms with Crippen molar-refractivity contribution in [3.8, 4) is 0 Å². The highest BCUT2D eigenvalue weighted by atomic mass is 35.5. The van der Waals surface area contributed by atoms with Crippen molar-refractivity contribution in [1.82, 2.24) is 5.32 Å². The minimum atomic E-state index is -0.158. The van der Waals surface area contributed by atoms with Crippen LogP contribution < -0.4 is 5.32 Å². The predicted molar refractivity (Wildman–Crippen MR) is 53.6 cm³/mol. The molecule has 1 unspecified atom stereocenters. The highest BCUT2D eigenvalue weighted by molar-refractivity contribution is 6.18. The molecule has 0 amide bonds. The summed E-state index contributed by atoms with van der Waals surface area (Å²) < 4.78 is 0. The fourth-order valence-corrected chi connectivity index (χ4v) is 0.931. The molecule has 0 bridgehead atoms. The third-order valence-corrected chi connectivity index (χ3v) is 1.82. The summed E-state index contributed by atoms with van der Waals surface area (Å²) in [5, 5.41) is 12.4. The summed E-state index contributed by atoms with van der Waals surface area (Å²) in [4.78, 5) is 0. The molecule has 12 heavy (non-hydrogen) atoms. The Labute approximate surface area is 79.6 Å². The molecule has 0 aromatic carbocycles. The molecule has 0 rings (SSSR count). The number of allylic oxidation sites excluding steroid dienone is 1. The van der Waals surface area contributed by atoms with E-state index in [0.29, 0.717) is 5.88 Å². The lowest BCUT2D eigenvalue weighted by atomic mass is 10.2. The normalized spacial score (nSPS) is 13.9. The summed E-state index contributed by atoms with van der Waals surface area (Å²) in [6, 6.07) is 0. The first-order chi connectivity index (χ1) is 5.81. The summed E-state index contributed by atoms with van der Waals surface area (Å²) in [6.45, 7) is 3.68. The molecular formula is C9H18ClNO. The van der Waals surface area contributed by atoms with Gasteiger partial charge in [0, 0.05) is 12.4 Å². The van der Waals surface area contributed by atoms with Gasteiger partial charge < -0.3 is 10.4 Å². The molecule has 2 N–H and O–H groups in total. The maximum absolute atomic E-state index is 9.18. The lowest BCUT2D eigenvalue weighted by Crippen LogP contribution is -2.20. The minimum Gasteiger partial charge on any atom is -0.393 e. The standard InChI is InChI=1S/C9H18ClNO/c1-2-9(12)5-8-11-7-4-3-6-10/h3-4,9,11-12H,2,5-8H2,1H3/b4-3+. The van der Waals surface area contributed by atoms with Crippen molar-refractivity contribution in [2.24, 2.45) is 0 Å². The van der Waals surface area contributed by atoms with Crippen LogP contribution in [0.1, 0.15) is 19.8 Å². The van der Waals surface area contributed by atoms with Gasteiger partial charge in [0.05, 0.1) is 6.10 Å². The van der Waals surface area contributed by atoms with Crippen molar-refractivity contribution >= 4 is 11.6 Å². The number of hydrogen-bond donors (Lipinski definition) is 2. The Morgan fingerprint density at radius 1 is 1.50 bits per heavy atom. The van der Waals surface area contributed by atoms with Crippen molar-refractivity contribution in [2.45, 2.75) is 25.9 Å². The Balaban J connectivity index is 3.05. The summed E-state index contributed by atoms with van der Waals surface area (Å²) in [7, 11) is 0. The quantitative estimate of drug-likeness (QED) is 0.364. The predicted octanol–water partition coefficient (Wildman–Crippen LogP) is 1.53. The highest BCUT2D eigenvalue weighted by Crippen LogP contribution is 1.93. The van der Waals surface area contributed by atoms with E-state index in [1.807, 2.05) is 19.1 Å². The summed E-state index contributed by atoms with van der Waals surface area (Å²) in [5.41, 5.74) is 0. The molecule has 1 atom stereocenters. The molecule has 2 nitrogen and oxygen atoms in total. The zero-order valence-electron chi connectivity index (χ0n) is 7.59. The molecule has 0 aliphatic carbocycles. The number of rotatable bonds is 7. The number of hydrogen-bond acceptors (Lipinski definition) is 2. The number of halogens is 1. The second-order valence-corrected chi connectivity index (χ2v) is 2.99. The Bertz CT molecular complexity index is 117. The van der Waals surface area contributed by atoms with Crippen molar-refractivity contribution in [3.63, 3.8) is 0 Å². The first kappa shape index (κ1) is 11.9. The molecular weight excluding hydrogens is 174 g/mol. The maximum Gasteiger partial charge on any atom is 0.0549 e. The van der Waals surface area contributed by atoms with E-state index in [-0.39, 0.29) is 6.10 Å². The number of aliphatic hydroxyl groups is 1. The van der Waals surface area contributed by atoms with E-state index in [2.05, 4.69) is 5.32 Å². The summed E-state index contributed by atoms with van der Waals surface area (Å²) in [5.74, 6) is 0.569. The minimum absolute atomic E-state index is 0.158. The lowest BCUT2D eigenvalue weighted by Gasteiger charge is -2.06. The van der Waals surface area contributed by atoms with Gasteiger partial charge >= 0.3 is 0 Å². The van der Waals surface area contributed by atoms with Gasteiger partial charge in [0.15, 0.2) is 0 Å². The number of aliphatic hydroxyl groups excluding tert-OH is 1. The molecule has 0 radical (unpaired) electrons. The van der Waals surface area contributed by atoms with Gasteiger partial charge in [-0.25, -0.2) is 0 Å². The Hall–Kier alpha value is -0.0500. The molecule has 0 saturated heterocycles. The van der Waals surface area contributed by atoms with E-state index >= 15 is 0 Å². The monoisotopic (exact) mass is 191 g/mol. The van der Waals surface area contributed by atoms with E-state index in [9.17, 15) is 5.11 Å². The highest BCUT2D eigenvalue weighted by Gasteiger charge is 1.97. The van der Waals surface area contributed by atoms with Gasteiger partial charge in [0.2, 0.25) is 0 Å². The zero-order chi connectivity index (χ0) is 9.23. The molecule has 0 spiro atoms. The molecule has 0 fully saturated rings. The van der Waals surface area contributed by atoms with Crippen LogP contribution in [0.3, 0.4) is 0 Å². The van der Waals surface area contributed by atoms with Crippen LogP contribution in [-0.2, 0) is 0 Å². The summed E-state index contributed by atoms with van der Waals surface area (Å²) >= 11 is 5.43. The smallest absolute Gasteiger partial charge is 0.0549 e. The second-order valence-electron chi connectivity index (χ2n) is 2.68. The van der Waals surface area contributed by atoms with Crippen LogP contribution in [-0.4, -0.2) is 30.2 Å². The molecule has 3 heteroatoms. The Kier molecular flexibility index (Phi) is 9.00. The van der Waals surface area contributed by atoms with Crippen molar-refractivity contribution < 1.29 is 5.11 Å². The van der Waals surface area contributed by atoms with E-state index in [1.165, 1.54) is 0 Å². The average molecular weight is 192 g/mol. The Morgan fingerprint density at radius 2 is 2.25 bits per heavy atom. The molecule has 0 aromatic rings. The van der Waals surface area contributed by atoms with Crippen LogP contribution in [0.15, 0.2) is 12.2 Å². The third kappa shape index (κ3) is 8.05. The van der Waals surface area contributed by atoms with Crippen LogP contribution in [0, 0.1) is 0 Å². The van der Waals surface area contributed by atoms with Gasteiger partial charge in [-0.1, -0.05) is 19.1 Å². The molecule has 72 valence electrons. The molecule has 0 aliphatic rings. The molecule has 0 saturated carbocycles. The molecule has 0 heterocycles. The fraction of sp³-hybridized carbons (Fsp3) is 0.778. The van der Waals surface area contributed by atoms with E-state index in [4.69, 9.17) is 11.6 Å². The largest absolute Gasteiger partial charge is 0.393 e. The van der Waals surface area contributed by atoms with E-state index in [0.717, 1.165) is 25.9 Å². The van der Waals surface area contributed by atoms with Gasteiger partial charge in [0.1, 0.15) is 0 Å². The van der Waals surface area contributed by atoms with Gasteiger partial charge in [-0.3, -0.25) is 0 Å². The van der Waals surface area contributed by atoms with Gasteiger partial charge in [-0.05, 0) is 19.4 Å². The second kappa shape index (κ2) is 9.04. The fourth-order valence-electron chi connectivity index (χ4n) is 0.805. The first-order valence-corrected chi connectivity index (χ1v) is 4.94. The van der Waals surface area contributed by atoms with Crippen LogP contribution in [0.4, 0.5) is 0 Å². The average Bonchev–Trinajstić information content (AvgIpc) is 2.10. The van der Waals surface area contributed by atoms with E-state index in [1.54, 1.807) is 0 Å². The topological polar surface area (TPSA) is 32.3 Å². The number of nitrogens with one attached hydrogen (secondary N) is 1. The summed E-state index contributed by atoms with van der Waals surface area (Å²) in [6.07, 6.45) is 5.40. The van der Waals surface area contributed by atoms with Crippen LogP contribution in [0.2, 0.25) is 0 Å². The van der Waals surface area contributed by atoms with Gasteiger partial charge in [0.25, 0.3) is 0 Å². The number of alkyl halides is 1. The van der Waals surface area contributed by atoms with Crippen molar-refractivity contribution in [2.75, 3.05) is 19.0 Å². The third-order valence-electron chi connectivity index (χ3n) is 1.64. The van der Waals surface area contributed by atoms with Crippen LogP contribution >= 0.6 is 11.6 Å². The molecule has 0 aromatic heterocycles. The van der Waals surface area contributed by atoms with E-state index < -0.39 is 0 Å². The van der Waals surface area contributed by atoms with Crippen LogP contribution in [0.25, 0.3) is 0 Å². The van der Waals surface area contributed by atoms with Crippen LogP contribution in [0.5, 0.6) is 0 Å². The SMILES string of the molecule is CCC(O)CCNC/C=C/CCl. The van der Waals surface area contributed by atoms with Gasteiger partial charge in [-0.2, -0.15) is 0 Å². The first-order valence-electron chi connectivity index (χ1n) is 4.41. The molecule has 0 aliphatic heterocycles. The zero-order valence-corrected chi connectivity index (χ0v) is 8.35. The lowest BCUT2D eigenvalue weighted by molar-refractivity contribution is 0.160. The van der Waals surface area contributed by atoms with Crippen molar-refractivity contribution in [3.05, 3.63) is 12.2 Å². The Morgan fingerprint density at radius 3 is 2.83 bits per heavy atom.